The molecular weight excluding hydrogens is 300 g/mol. The summed E-state index contributed by atoms with van der Waals surface area (Å²) in [5.41, 5.74) is 2.30. The van der Waals surface area contributed by atoms with Gasteiger partial charge in [0.2, 0.25) is 10.0 Å². The predicted octanol–water partition coefficient (Wildman–Crippen LogP) is 1.56. The fourth-order valence-electron chi connectivity index (χ4n) is 2.74. The zero-order chi connectivity index (χ0) is 16.2. The molecule has 1 aromatic carbocycles. The van der Waals surface area contributed by atoms with Crippen LogP contribution in [0.2, 0.25) is 0 Å². The zero-order valence-corrected chi connectivity index (χ0v) is 14.4. The first-order valence-corrected chi connectivity index (χ1v) is 9.40. The molecule has 1 aliphatic heterocycles. The van der Waals surface area contributed by atoms with Crippen LogP contribution in [0.1, 0.15) is 31.0 Å². The van der Waals surface area contributed by atoms with Crippen molar-refractivity contribution < 1.29 is 13.2 Å². The van der Waals surface area contributed by atoms with Gasteiger partial charge in [-0.1, -0.05) is 31.2 Å². The molecular formula is C16H26N2O3S. The minimum absolute atomic E-state index is 0.0209. The van der Waals surface area contributed by atoms with E-state index >= 15 is 0 Å². The minimum Gasteiger partial charge on any atom is -0.381 e. The first kappa shape index (κ1) is 17.4. The standard InChI is InChI=1S/C16H26N2O3S/c1-4-14-5-7-15(8-6-14)16-11-17-9-10-18(16)22(19,20)12-13(2)21-3/h5-8,13,16-17H,4,9-12H2,1-3H3. The van der Waals surface area contributed by atoms with Crippen LogP contribution in [0.5, 0.6) is 0 Å². The van der Waals surface area contributed by atoms with E-state index in [0.29, 0.717) is 19.6 Å². The molecule has 0 amide bonds. The number of aryl methyl sites for hydroxylation is 1. The van der Waals surface area contributed by atoms with Gasteiger partial charge in [-0.15, -0.1) is 0 Å². The van der Waals surface area contributed by atoms with Crippen LogP contribution in [0.4, 0.5) is 0 Å². The van der Waals surface area contributed by atoms with Gasteiger partial charge in [-0.25, -0.2) is 8.42 Å². The number of nitrogens with zero attached hydrogens (tertiary/aromatic N) is 1. The van der Waals surface area contributed by atoms with Gasteiger partial charge in [0.15, 0.2) is 0 Å². The van der Waals surface area contributed by atoms with Crippen molar-refractivity contribution in [1.29, 1.82) is 0 Å². The third kappa shape index (κ3) is 4.07. The molecule has 5 nitrogen and oxygen atoms in total. The van der Waals surface area contributed by atoms with Gasteiger partial charge in [-0.05, 0) is 24.5 Å². The predicted molar refractivity (Wildman–Crippen MR) is 88.4 cm³/mol. The average Bonchev–Trinajstić information content (AvgIpc) is 2.54. The molecule has 2 rings (SSSR count). The molecule has 1 aromatic rings. The second kappa shape index (κ2) is 7.55. The Labute approximate surface area is 133 Å². The third-order valence-electron chi connectivity index (χ3n) is 4.17. The Morgan fingerprint density at radius 1 is 1.36 bits per heavy atom. The van der Waals surface area contributed by atoms with Crippen LogP contribution in [0, 0.1) is 0 Å². The topological polar surface area (TPSA) is 58.6 Å². The largest absolute Gasteiger partial charge is 0.381 e. The number of rotatable bonds is 6. The smallest absolute Gasteiger partial charge is 0.217 e. The molecule has 124 valence electrons. The van der Waals surface area contributed by atoms with Crippen molar-refractivity contribution in [1.82, 2.24) is 9.62 Å². The fraction of sp³-hybridized carbons (Fsp3) is 0.625. The molecule has 1 heterocycles. The van der Waals surface area contributed by atoms with Gasteiger partial charge in [0.05, 0.1) is 17.9 Å². The van der Waals surface area contributed by atoms with Crippen LogP contribution in [0.15, 0.2) is 24.3 Å². The van der Waals surface area contributed by atoms with Crippen molar-refractivity contribution in [3.8, 4) is 0 Å². The number of piperazine rings is 1. The quantitative estimate of drug-likeness (QED) is 0.862. The summed E-state index contributed by atoms with van der Waals surface area (Å²) >= 11 is 0. The molecule has 1 aliphatic rings. The molecule has 6 heteroatoms. The van der Waals surface area contributed by atoms with Gasteiger partial charge in [0, 0.05) is 26.7 Å². The maximum Gasteiger partial charge on any atom is 0.217 e. The van der Waals surface area contributed by atoms with Crippen LogP contribution < -0.4 is 5.32 Å². The maximum absolute atomic E-state index is 12.7. The highest BCUT2D eigenvalue weighted by Gasteiger charge is 2.34. The summed E-state index contributed by atoms with van der Waals surface area (Å²) in [5.74, 6) is 0.0209. The lowest BCUT2D eigenvalue weighted by atomic mass is 10.0. The molecule has 0 saturated carbocycles. The fourth-order valence-corrected chi connectivity index (χ4v) is 4.61. The lowest BCUT2D eigenvalue weighted by Crippen LogP contribution is -2.50. The second-order valence-corrected chi connectivity index (χ2v) is 7.72. The first-order valence-electron chi connectivity index (χ1n) is 7.79. The Morgan fingerprint density at radius 2 is 2.05 bits per heavy atom. The maximum atomic E-state index is 12.7. The normalized spacial score (nSPS) is 21.7. The van der Waals surface area contributed by atoms with E-state index in [1.807, 2.05) is 12.1 Å². The number of hydrogen-bond donors (Lipinski definition) is 1. The van der Waals surface area contributed by atoms with Crippen LogP contribution in [-0.4, -0.2) is 51.3 Å². The Balaban J connectivity index is 2.23. The first-order chi connectivity index (χ1) is 10.5. The molecule has 0 aromatic heterocycles. The minimum atomic E-state index is -3.34. The lowest BCUT2D eigenvalue weighted by Gasteiger charge is -2.36. The molecule has 22 heavy (non-hydrogen) atoms. The van der Waals surface area contributed by atoms with Gasteiger partial charge in [-0.3, -0.25) is 0 Å². The highest BCUT2D eigenvalue weighted by molar-refractivity contribution is 7.89. The third-order valence-corrected chi connectivity index (χ3v) is 6.21. The Morgan fingerprint density at radius 3 is 2.64 bits per heavy atom. The monoisotopic (exact) mass is 326 g/mol. The summed E-state index contributed by atoms with van der Waals surface area (Å²) in [6.07, 6.45) is 0.680. The summed E-state index contributed by atoms with van der Waals surface area (Å²) in [6.45, 7) is 5.72. The average molecular weight is 326 g/mol. The van der Waals surface area contributed by atoms with Gasteiger partial charge in [0.25, 0.3) is 0 Å². The number of methoxy groups -OCH3 is 1. The van der Waals surface area contributed by atoms with E-state index in [0.717, 1.165) is 12.0 Å². The number of benzene rings is 1. The summed E-state index contributed by atoms with van der Waals surface area (Å²) in [4.78, 5) is 0. The summed E-state index contributed by atoms with van der Waals surface area (Å²) in [7, 11) is -1.80. The molecule has 0 spiro atoms. The summed E-state index contributed by atoms with van der Waals surface area (Å²) < 4.78 is 32.1. The lowest BCUT2D eigenvalue weighted by molar-refractivity contribution is 0.134. The van der Waals surface area contributed by atoms with E-state index in [1.165, 1.54) is 5.56 Å². The van der Waals surface area contributed by atoms with Crippen molar-refractivity contribution in [2.75, 3.05) is 32.5 Å². The Hall–Kier alpha value is -0.950. The van der Waals surface area contributed by atoms with Crippen molar-refractivity contribution in [2.45, 2.75) is 32.4 Å². The van der Waals surface area contributed by atoms with E-state index in [-0.39, 0.29) is 17.9 Å². The van der Waals surface area contributed by atoms with Crippen molar-refractivity contribution >= 4 is 10.0 Å². The summed E-state index contributed by atoms with van der Waals surface area (Å²) in [6, 6.07) is 8.09. The van der Waals surface area contributed by atoms with Gasteiger partial charge in [0.1, 0.15) is 0 Å². The Kier molecular flexibility index (Phi) is 5.97. The van der Waals surface area contributed by atoms with E-state index in [2.05, 4.69) is 24.4 Å². The van der Waals surface area contributed by atoms with Crippen LogP contribution in [0.25, 0.3) is 0 Å². The van der Waals surface area contributed by atoms with E-state index in [1.54, 1.807) is 18.3 Å². The van der Waals surface area contributed by atoms with Gasteiger partial charge >= 0.3 is 0 Å². The Bertz CT molecular complexity index is 572. The van der Waals surface area contributed by atoms with E-state index < -0.39 is 10.0 Å². The number of nitrogens with one attached hydrogen (secondary N) is 1. The van der Waals surface area contributed by atoms with Crippen LogP contribution >= 0.6 is 0 Å². The van der Waals surface area contributed by atoms with Crippen molar-refractivity contribution in [3.63, 3.8) is 0 Å². The molecule has 1 fully saturated rings. The second-order valence-electron chi connectivity index (χ2n) is 5.75. The van der Waals surface area contributed by atoms with E-state index in [4.69, 9.17) is 4.74 Å². The van der Waals surface area contributed by atoms with E-state index in [9.17, 15) is 8.42 Å². The van der Waals surface area contributed by atoms with Crippen molar-refractivity contribution in [3.05, 3.63) is 35.4 Å². The van der Waals surface area contributed by atoms with Gasteiger partial charge in [-0.2, -0.15) is 4.31 Å². The summed E-state index contributed by atoms with van der Waals surface area (Å²) in [5, 5.41) is 3.29. The SMILES string of the molecule is CCc1ccc(C2CNCCN2S(=O)(=O)CC(C)OC)cc1. The van der Waals surface area contributed by atoms with Crippen molar-refractivity contribution in [2.24, 2.45) is 0 Å². The highest BCUT2D eigenvalue weighted by atomic mass is 32.2. The molecule has 0 bridgehead atoms. The van der Waals surface area contributed by atoms with Gasteiger partial charge < -0.3 is 10.1 Å². The molecule has 2 unspecified atom stereocenters. The molecule has 1 N–H and O–H groups in total. The molecule has 2 atom stereocenters. The molecule has 0 radical (unpaired) electrons. The number of hydrogen-bond acceptors (Lipinski definition) is 4. The van der Waals surface area contributed by atoms with Crippen LogP contribution in [-0.2, 0) is 21.2 Å². The number of sulfonamides is 1. The highest BCUT2D eigenvalue weighted by Crippen LogP contribution is 2.26. The number of ether oxygens (including phenoxy) is 1. The molecule has 0 aliphatic carbocycles. The zero-order valence-electron chi connectivity index (χ0n) is 13.6. The molecule has 1 saturated heterocycles. The van der Waals surface area contributed by atoms with Crippen LogP contribution in [0.3, 0.4) is 0 Å².